The van der Waals surface area contributed by atoms with Crippen molar-refractivity contribution in [1.82, 2.24) is 10.6 Å². The van der Waals surface area contributed by atoms with Gasteiger partial charge in [0.1, 0.15) is 23.9 Å². The quantitative estimate of drug-likeness (QED) is 0.620. The first-order chi connectivity index (χ1) is 13.0. The number of amides is 2. The van der Waals surface area contributed by atoms with Crippen LogP contribution in [0.25, 0.3) is 0 Å². The Bertz CT molecular complexity index is 735. The summed E-state index contributed by atoms with van der Waals surface area (Å²) >= 11 is 6.31. The van der Waals surface area contributed by atoms with Crippen molar-refractivity contribution in [2.45, 2.75) is 39.7 Å². The molecular weight excluding hydrogens is 364 g/mol. The van der Waals surface area contributed by atoms with Crippen LogP contribution in [-0.2, 0) is 6.42 Å². The number of carbonyl (C=O) groups excluding carboxylic acids is 1. The molecule has 2 N–H and O–H groups in total. The second-order valence-corrected chi connectivity index (χ2v) is 6.71. The summed E-state index contributed by atoms with van der Waals surface area (Å²) in [6.45, 7) is 6.86. The Hall–Kier alpha value is -2.40. The average Bonchev–Trinajstić information content (AvgIpc) is 2.64. The standard InChI is InChI=1S/C21H27ClN2O3/c1-4-6-16-7-12-20(19(22)13-16)27-18-10-8-17(9-11-18)26-14-15(3)24-21(25)23-5-2/h7-13,15H,4-6,14H2,1-3H3,(H2,23,24,25). The Morgan fingerprint density at radius 1 is 1.11 bits per heavy atom. The van der Waals surface area contributed by atoms with E-state index in [1.165, 1.54) is 5.56 Å². The minimum atomic E-state index is -0.195. The first-order valence-corrected chi connectivity index (χ1v) is 9.63. The zero-order valence-electron chi connectivity index (χ0n) is 16.0. The molecule has 0 fully saturated rings. The Balaban J connectivity index is 1.87. The molecule has 6 heteroatoms. The molecule has 0 saturated heterocycles. The van der Waals surface area contributed by atoms with Crippen LogP contribution in [0.2, 0.25) is 5.02 Å². The van der Waals surface area contributed by atoms with Gasteiger partial charge in [-0.2, -0.15) is 0 Å². The van der Waals surface area contributed by atoms with E-state index in [1.807, 2.05) is 56.3 Å². The third kappa shape index (κ3) is 7.02. The van der Waals surface area contributed by atoms with Crippen molar-refractivity contribution >= 4 is 17.6 Å². The molecule has 0 heterocycles. The predicted octanol–water partition coefficient (Wildman–Crippen LogP) is 5.17. The van der Waals surface area contributed by atoms with E-state index in [9.17, 15) is 4.79 Å². The molecule has 5 nitrogen and oxygen atoms in total. The lowest BCUT2D eigenvalue weighted by molar-refractivity contribution is 0.227. The van der Waals surface area contributed by atoms with E-state index in [0.717, 1.165) is 12.8 Å². The number of urea groups is 1. The number of hydrogen-bond donors (Lipinski definition) is 2. The number of halogens is 1. The molecule has 0 aliphatic rings. The molecule has 2 rings (SSSR count). The first kappa shape index (κ1) is 20.9. The molecule has 0 bridgehead atoms. The summed E-state index contributed by atoms with van der Waals surface area (Å²) < 4.78 is 11.5. The first-order valence-electron chi connectivity index (χ1n) is 9.25. The second-order valence-electron chi connectivity index (χ2n) is 6.30. The fourth-order valence-electron chi connectivity index (χ4n) is 2.50. The smallest absolute Gasteiger partial charge is 0.315 e. The molecule has 2 amide bonds. The summed E-state index contributed by atoms with van der Waals surface area (Å²) in [5.41, 5.74) is 1.20. The van der Waals surface area contributed by atoms with Gasteiger partial charge >= 0.3 is 6.03 Å². The highest BCUT2D eigenvalue weighted by Gasteiger charge is 2.08. The van der Waals surface area contributed by atoms with Gasteiger partial charge in [0.25, 0.3) is 0 Å². The normalized spacial score (nSPS) is 11.6. The molecule has 0 radical (unpaired) electrons. The van der Waals surface area contributed by atoms with Gasteiger partial charge in [0.05, 0.1) is 11.1 Å². The van der Waals surface area contributed by atoms with Crippen LogP contribution < -0.4 is 20.1 Å². The van der Waals surface area contributed by atoms with E-state index in [1.54, 1.807) is 0 Å². The van der Waals surface area contributed by atoms with E-state index in [4.69, 9.17) is 21.1 Å². The van der Waals surface area contributed by atoms with E-state index in [0.29, 0.717) is 35.4 Å². The molecular formula is C21H27ClN2O3. The van der Waals surface area contributed by atoms with Gasteiger partial charge in [0, 0.05) is 6.54 Å². The minimum absolute atomic E-state index is 0.104. The Morgan fingerprint density at radius 3 is 2.44 bits per heavy atom. The number of ether oxygens (including phenoxy) is 2. The van der Waals surface area contributed by atoms with Gasteiger partial charge in [0.2, 0.25) is 0 Å². The molecule has 0 aliphatic carbocycles. The summed E-state index contributed by atoms with van der Waals surface area (Å²) in [6, 6.07) is 12.9. The van der Waals surface area contributed by atoms with Crippen molar-refractivity contribution < 1.29 is 14.3 Å². The van der Waals surface area contributed by atoms with Crippen LogP contribution in [0.1, 0.15) is 32.8 Å². The zero-order valence-corrected chi connectivity index (χ0v) is 16.8. The maximum absolute atomic E-state index is 11.5. The molecule has 0 aliphatic heterocycles. The molecule has 0 saturated carbocycles. The van der Waals surface area contributed by atoms with Crippen LogP contribution in [0.4, 0.5) is 4.79 Å². The molecule has 2 aromatic rings. The molecule has 0 aromatic heterocycles. The van der Waals surface area contributed by atoms with E-state index in [2.05, 4.69) is 17.6 Å². The lowest BCUT2D eigenvalue weighted by atomic mass is 10.1. The van der Waals surface area contributed by atoms with Crippen LogP contribution in [-0.4, -0.2) is 25.2 Å². The van der Waals surface area contributed by atoms with Gasteiger partial charge in [-0.1, -0.05) is 31.0 Å². The van der Waals surface area contributed by atoms with Crippen molar-refractivity contribution in [3.05, 3.63) is 53.1 Å². The third-order valence-corrected chi connectivity index (χ3v) is 4.10. The summed E-state index contributed by atoms with van der Waals surface area (Å²) in [4.78, 5) is 11.5. The monoisotopic (exact) mass is 390 g/mol. The summed E-state index contributed by atoms with van der Waals surface area (Å²) in [6.07, 6.45) is 2.08. The molecule has 27 heavy (non-hydrogen) atoms. The van der Waals surface area contributed by atoms with Crippen LogP contribution in [0.5, 0.6) is 17.2 Å². The van der Waals surface area contributed by atoms with E-state index < -0.39 is 0 Å². The second kappa shape index (κ2) is 10.7. The van der Waals surface area contributed by atoms with Crippen LogP contribution in [0, 0.1) is 0 Å². The van der Waals surface area contributed by atoms with Crippen molar-refractivity contribution in [1.29, 1.82) is 0 Å². The molecule has 1 atom stereocenters. The highest BCUT2D eigenvalue weighted by molar-refractivity contribution is 6.32. The maximum atomic E-state index is 11.5. The summed E-state index contributed by atoms with van der Waals surface area (Å²) in [5.74, 6) is 2.02. The van der Waals surface area contributed by atoms with Crippen molar-refractivity contribution in [3.8, 4) is 17.2 Å². The molecule has 1 unspecified atom stereocenters. The number of aryl methyl sites for hydroxylation is 1. The third-order valence-electron chi connectivity index (χ3n) is 3.80. The lowest BCUT2D eigenvalue weighted by Crippen LogP contribution is -2.43. The highest BCUT2D eigenvalue weighted by Crippen LogP contribution is 2.31. The maximum Gasteiger partial charge on any atom is 0.315 e. The van der Waals surface area contributed by atoms with Crippen LogP contribution in [0.15, 0.2) is 42.5 Å². The average molecular weight is 391 g/mol. The van der Waals surface area contributed by atoms with Crippen molar-refractivity contribution in [2.24, 2.45) is 0 Å². The topological polar surface area (TPSA) is 59.6 Å². The fourth-order valence-corrected chi connectivity index (χ4v) is 2.74. The van der Waals surface area contributed by atoms with Crippen molar-refractivity contribution in [3.63, 3.8) is 0 Å². The lowest BCUT2D eigenvalue weighted by Gasteiger charge is -2.15. The molecule has 0 spiro atoms. The summed E-state index contributed by atoms with van der Waals surface area (Å²) in [7, 11) is 0. The SMILES string of the molecule is CCCc1ccc(Oc2ccc(OCC(C)NC(=O)NCC)cc2)c(Cl)c1. The fraction of sp³-hybridized carbons (Fsp3) is 0.381. The number of rotatable bonds is 9. The number of benzene rings is 2. The molecule has 2 aromatic carbocycles. The van der Waals surface area contributed by atoms with Crippen LogP contribution >= 0.6 is 11.6 Å². The minimum Gasteiger partial charge on any atom is -0.491 e. The van der Waals surface area contributed by atoms with Gasteiger partial charge in [-0.3, -0.25) is 0 Å². The Labute approximate surface area is 166 Å². The van der Waals surface area contributed by atoms with Gasteiger partial charge < -0.3 is 20.1 Å². The predicted molar refractivity (Wildman–Crippen MR) is 109 cm³/mol. The Morgan fingerprint density at radius 2 is 1.81 bits per heavy atom. The van der Waals surface area contributed by atoms with Crippen LogP contribution in [0.3, 0.4) is 0 Å². The Kier molecular flexibility index (Phi) is 8.27. The zero-order chi connectivity index (χ0) is 19.6. The van der Waals surface area contributed by atoms with Gasteiger partial charge in [-0.05, 0) is 62.2 Å². The van der Waals surface area contributed by atoms with Gasteiger partial charge in [0.15, 0.2) is 0 Å². The van der Waals surface area contributed by atoms with Gasteiger partial charge in [-0.25, -0.2) is 4.79 Å². The van der Waals surface area contributed by atoms with E-state index in [-0.39, 0.29) is 12.1 Å². The number of nitrogens with one attached hydrogen (secondary N) is 2. The number of carbonyl (C=O) groups is 1. The highest BCUT2D eigenvalue weighted by atomic mass is 35.5. The van der Waals surface area contributed by atoms with Gasteiger partial charge in [-0.15, -0.1) is 0 Å². The van der Waals surface area contributed by atoms with Crippen molar-refractivity contribution in [2.75, 3.05) is 13.2 Å². The molecule has 146 valence electrons. The van der Waals surface area contributed by atoms with E-state index >= 15 is 0 Å². The largest absolute Gasteiger partial charge is 0.491 e. The summed E-state index contributed by atoms with van der Waals surface area (Å²) in [5, 5.41) is 6.09. The number of hydrogen-bond acceptors (Lipinski definition) is 3.